The molecule has 0 radical (unpaired) electrons. The summed E-state index contributed by atoms with van der Waals surface area (Å²) in [5, 5.41) is 10.4. The van der Waals surface area contributed by atoms with Gasteiger partial charge in [0.2, 0.25) is 0 Å². The summed E-state index contributed by atoms with van der Waals surface area (Å²) in [5.41, 5.74) is 4.23. The first-order valence-electron chi connectivity index (χ1n) is 14.1. The molecule has 2 N–H and O–H groups in total. The molecule has 0 unspecified atom stereocenters. The average Bonchev–Trinajstić information content (AvgIpc) is 2.76. The molecule has 0 saturated heterocycles. The van der Waals surface area contributed by atoms with E-state index in [1.54, 1.807) is 0 Å². The minimum atomic E-state index is -0.583. The van der Waals surface area contributed by atoms with E-state index in [1.165, 1.54) is 56.9 Å². The van der Waals surface area contributed by atoms with E-state index in [-0.39, 0.29) is 5.60 Å². The molecule has 3 atom stereocenters. The van der Waals surface area contributed by atoms with Crippen LogP contribution < -0.4 is 4.74 Å². The van der Waals surface area contributed by atoms with Crippen LogP contribution in [-0.4, -0.2) is 25.3 Å². The van der Waals surface area contributed by atoms with E-state index in [0.29, 0.717) is 5.75 Å². The summed E-state index contributed by atoms with van der Waals surface area (Å²) in [6.07, 6.45) is 14.1. The predicted octanol–water partition coefficient (Wildman–Crippen LogP) is 7.95. The van der Waals surface area contributed by atoms with Crippen molar-refractivity contribution in [2.75, 3.05) is 0 Å². The highest BCUT2D eigenvalue weighted by molar-refractivity contribution is 6.22. The number of benzene rings is 1. The van der Waals surface area contributed by atoms with Crippen LogP contribution in [-0.2, 0) is 6.42 Å². The van der Waals surface area contributed by atoms with Crippen molar-refractivity contribution in [3.8, 4) is 11.5 Å². The van der Waals surface area contributed by atoms with E-state index >= 15 is 0 Å². The molecule has 0 saturated carbocycles. The normalized spacial score (nSPS) is 19.5. The molecule has 0 bridgehead atoms. The van der Waals surface area contributed by atoms with Crippen molar-refractivity contribution in [3.63, 3.8) is 0 Å². The van der Waals surface area contributed by atoms with E-state index in [0.717, 1.165) is 59.5 Å². The summed E-state index contributed by atoms with van der Waals surface area (Å²) in [6, 6.07) is 0. The Morgan fingerprint density at radius 2 is 1.35 bits per heavy atom. The Kier molecular flexibility index (Phi) is 13.9. The molecular formula is C30H56O3Si. The first kappa shape index (κ1) is 31.0. The highest BCUT2D eigenvalue weighted by Gasteiger charge is 2.34. The van der Waals surface area contributed by atoms with Gasteiger partial charge in [-0.2, -0.15) is 0 Å². The number of ether oxygens (including phenoxy) is 1. The van der Waals surface area contributed by atoms with Crippen LogP contribution in [0.15, 0.2) is 0 Å². The molecule has 0 spiro atoms. The van der Waals surface area contributed by atoms with Crippen LogP contribution in [0.3, 0.4) is 0 Å². The van der Waals surface area contributed by atoms with Crippen LogP contribution in [0.5, 0.6) is 11.5 Å². The van der Waals surface area contributed by atoms with Crippen LogP contribution in [0, 0.1) is 38.5 Å². The molecule has 4 heteroatoms. The molecule has 34 heavy (non-hydrogen) atoms. The summed E-state index contributed by atoms with van der Waals surface area (Å²) in [4.78, 5) is 7.71. The van der Waals surface area contributed by atoms with Crippen LogP contribution in [0.2, 0.25) is 6.55 Å². The van der Waals surface area contributed by atoms with E-state index in [2.05, 4.69) is 41.5 Å². The maximum absolute atomic E-state index is 10.4. The van der Waals surface area contributed by atoms with Gasteiger partial charge in [-0.25, -0.2) is 0 Å². The maximum Gasteiger partial charge on any atom is 0.153 e. The Bertz CT molecular complexity index is 730. The average molecular weight is 493 g/mol. The van der Waals surface area contributed by atoms with Crippen molar-refractivity contribution in [3.05, 3.63) is 22.3 Å². The first-order valence-corrected chi connectivity index (χ1v) is 16.1. The fourth-order valence-electron chi connectivity index (χ4n) is 5.27. The lowest BCUT2D eigenvalue weighted by molar-refractivity contribution is 0.0512. The lowest BCUT2D eigenvalue weighted by atomic mass is 9.84. The predicted molar refractivity (Wildman–Crippen MR) is 151 cm³/mol. The molecule has 198 valence electrons. The van der Waals surface area contributed by atoms with Gasteiger partial charge in [-0.15, -0.1) is 0 Å². The summed E-state index contributed by atoms with van der Waals surface area (Å²) >= 11 is 0. The number of fused-ring (bicyclic) bond motifs is 1. The van der Waals surface area contributed by atoms with Gasteiger partial charge in [-0.1, -0.05) is 79.2 Å². The third-order valence-electron chi connectivity index (χ3n) is 7.87. The molecule has 0 aliphatic carbocycles. The van der Waals surface area contributed by atoms with Gasteiger partial charge >= 0.3 is 0 Å². The van der Waals surface area contributed by atoms with Crippen molar-refractivity contribution in [1.82, 2.24) is 0 Å². The maximum atomic E-state index is 10.4. The van der Waals surface area contributed by atoms with Crippen molar-refractivity contribution >= 4 is 9.76 Å². The molecule has 3 nitrogen and oxygen atoms in total. The van der Waals surface area contributed by atoms with E-state index in [4.69, 9.17) is 9.53 Å². The Hall–Kier alpha value is -1.00. The third kappa shape index (κ3) is 9.93. The summed E-state index contributed by atoms with van der Waals surface area (Å²) in [5.74, 6) is 4.04. The van der Waals surface area contributed by atoms with Crippen LogP contribution in [0.25, 0.3) is 0 Å². The molecule has 0 amide bonds. The van der Waals surface area contributed by atoms with Crippen molar-refractivity contribution in [2.45, 2.75) is 138 Å². The fourth-order valence-corrected chi connectivity index (χ4v) is 5.27. The largest absolute Gasteiger partial charge is 0.507 e. The topological polar surface area (TPSA) is 49.7 Å². The Labute approximate surface area is 214 Å². The minimum Gasteiger partial charge on any atom is -0.507 e. The SMILES string of the molecule is C[SiH2]O.Cc1c(C)c2c(c(C)c1O)CC[C@@](C)(CCC[C@H](C)CCC[C@H](C)CCCC(C)C)O2. The zero-order valence-corrected chi connectivity index (χ0v) is 25.4. The van der Waals surface area contributed by atoms with Gasteiger partial charge in [0.1, 0.15) is 17.1 Å². The van der Waals surface area contributed by atoms with Gasteiger partial charge in [0.25, 0.3) is 0 Å². The highest BCUT2D eigenvalue weighted by Crippen LogP contribution is 2.44. The molecule has 1 aromatic rings. The second-order valence-corrected chi connectivity index (χ2v) is 12.4. The molecule has 2 rings (SSSR count). The molecule has 1 aliphatic heterocycles. The zero-order valence-electron chi connectivity index (χ0n) is 24.0. The van der Waals surface area contributed by atoms with Gasteiger partial charge < -0.3 is 14.6 Å². The van der Waals surface area contributed by atoms with E-state index in [1.807, 2.05) is 20.4 Å². The summed E-state index contributed by atoms with van der Waals surface area (Å²) in [7, 11) is -0.583. The zero-order chi connectivity index (χ0) is 25.9. The standard InChI is InChI=1S/C29H50O2.CH6OSi/c1-20(2)12-9-13-21(3)14-10-15-22(4)16-11-18-29(8)19-17-26-25(7)27(30)23(5)24(6)28(26)31-29;1-3-2/h20-22,30H,9-19H2,1-8H3;2H,3H2,1H3/t21-,22-,29-;/m1./s1. The third-order valence-corrected chi connectivity index (χ3v) is 7.87. The van der Waals surface area contributed by atoms with Crippen LogP contribution in [0.1, 0.15) is 121 Å². The number of hydrogen-bond acceptors (Lipinski definition) is 3. The van der Waals surface area contributed by atoms with Crippen molar-refractivity contribution in [2.24, 2.45) is 17.8 Å². The molecule has 1 aromatic carbocycles. The van der Waals surface area contributed by atoms with E-state index < -0.39 is 9.76 Å². The molecule has 1 heterocycles. The van der Waals surface area contributed by atoms with Crippen molar-refractivity contribution in [1.29, 1.82) is 0 Å². The molecule has 1 aliphatic rings. The van der Waals surface area contributed by atoms with Crippen LogP contribution >= 0.6 is 0 Å². The first-order chi connectivity index (χ1) is 16.0. The van der Waals surface area contributed by atoms with E-state index in [9.17, 15) is 5.11 Å². The van der Waals surface area contributed by atoms with Crippen molar-refractivity contribution < 1.29 is 14.6 Å². The molecule has 0 fully saturated rings. The second kappa shape index (κ2) is 15.2. The van der Waals surface area contributed by atoms with Gasteiger partial charge in [-0.05, 0) is 87.8 Å². The number of hydrogen-bond donors (Lipinski definition) is 2. The number of phenols is 1. The van der Waals surface area contributed by atoms with Gasteiger partial charge in [0.05, 0.1) is 0 Å². The lowest BCUT2D eigenvalue weighted by Crippen LogP contribution is -2.37. The summed E-state index contributed by atoms with van der Waals surface area (Å²) < 4.78 is 6.60. The van der Waals surface area contributed by atoms with Gasteiger partial charge in [-0.3, -0.25) is 0 Å². The Morgan fingerprint density at radius 1 is 0.853 bits per heavy atom. The monoisotopic (exact) mass is 492 g/mol. The number of phenolic OH excluding ortho intramolecular Hbond substituents is 1. The second-order valence-electron chi connectivity index (χ2n) is 11.8. The van der Waals surface area contributed by atoms with Gasteiger partial charge in [0.15, 0.2) is 9.76 Å². The number of aromatic hydroxyl groups is 1. The van der Waals surface area contributed by atoms with Gasteiger partial charge in [0, 0.05) is 5.56 Å². The van der Waals surface area contributed by atoms with Crippen LogP contribution in [0.4, 0.5) is 0 Å². The quantitative estimate of drug-likeness (QED) is 0.291. The number of rotatable bonds is 12. The summed E-state index contributed by atoms with van der Waals surface area (Å²) in [6.45, 7) is 19.8. The fraction of sp³-hybridized carbons (Fsp3) is 0.800. The Balaban J connectivity index is 0.00000182. The molecular weight excluding hydrogens is 436 g/mol. The molecule has 0 aromatic heterocycles. The highest BCUT2D eigenvalue weighted by atomic mass is 28.2. The Morgan fingerprint density at radius 3 is 1.88 bits per heavy atom. The lowest BCUT2D eigenvalue weighted by Gasteiger charge is -2.38. The minimum absolute atomic E-state index is 0.0712. The smallest absolute Gasteiger partial charge is 0.153 e.